The number of aromatic amines is 1. The van der Waals surface area contributed by atoms with Gasteiger partial charge >= 0.3 is 0 Å². The van der Waals surface area contributed by atoms with E-state index < -0.39 is 0 Å². The molecule has 0 spiro atoms. The van der Waals surface area contributed by atoms with Gasteiger partial charge in [0.1, 0.15) is 0 Å². The third kappa shape index (κ3) is 1.57. The second-order valence-corrected chi connectivity index (χ2v) is 3.93. The number of nitrogens with one attached hydrogen (secondary N) is 2. The Kier molecular flexibility index (Phi) is 2.31. The molecule has 0 aliphatic rings. The smallest absolute Gasteiger partial charge is 0.0822 e. The fourth-order valence-electron chi connectivity index (χ4n) is 2.11. The van der Waals surface area contributed by atoms with Crippen LogP contribution in [0.15, 0.2) is 54.6 Å². The predicted molar refractivity (Wildman–Crippen MR) is 71.5 cm³/mol. The SMILES string of the molecule is NNc1c(-c2ccccc2)[nH]c2ccccc12. The monoisotopic (exact) mass is 223 g/mol. The first-order valence-electron chi connectivity index (χ1n) is 5.53. The van der Waals surface area contributed by atoms with E-state index in [0.29, 0.717) is 0 Å². The Morgan fingerprint density at radius 3 is 2.35 bits per heavy atom. The number of nitrogen functional groups attached to an aromatic ring is 1. The Hall–Kier alpha value is -2.26. The summed E-state index contributed by atoms with van der Waals surface area (Å²) in [5, 5.41) is 1.11. The lowest BCUT2D eigenvalue weighted by Gasteiger charge is -2.03. The Morgan fingerprint density at radius 1 is 0.882 bits per heavy atom. The van der Waals surface area contributed by atoms with Gasteiger partial charge in [-0.05, 0) is 6.07 Å². The molecule has 0 bridgehead atoms. The van der Waals surface area contributed by atoms with Crippen molar-refractivity contribution in [2.75, 3.05) is 5.43 Å². The van der Waals surface area contributed by atoms with Gasteiger partial charge < -0.3 is 10.4 Å². The third-order valence-corrected chi connectivity index (χ3v) is 2.91. The standard InChI is InChI=1S/C14H13N3/c15-17-14-11-8-4-5-9-12(11)16-13(14)10-6-2-1-3-7-10/h1-9,16-17H,15H2. The maximum absolute atomic E-state index is 5.63. The molecule has 0 fully saturated rings. The second-order valence-electron chi connectivity index (χ2n) is 3.93. The van der Waals surface area contributed by atoms with Gasteiger partial charge in [-0.1, -0.05) is 48.5 Å². The normalized spacial score (nSPS) is 10.6. The largest absolute Gasteiger partial charge is 0.353 e. The number of hydrogen-bond donors (Lipinski definition) is 3. The van der Waals surface area contributed by atoms with E-state index in [9.17, 15) is 0 Å². The van der Waals surface area contributed by atoms with E-state index in [1.165, 1.54) is 0 Å². The maximum atomic E-state index is 5.63. The summed E-state index contributed by atoms with van der Waals surface area (Å²) in [6.45, 7) is 0. The van der Waals surface area contributed by atoms with E-state index in [4.69, 9.17) is 5.84 Å². The van der Waals surface area contributed by atoms with E-state index in [2.05, 4.69) is 22.5 Å². The summed E-state index contributed by atoms with van der Waals surface area (Å²) in [6, 6.07) is 18.3. The van der Waals surface area contributed by atoms with Gasteiger partial charge in [-0.15, -0.1) is 0 Å². The lowest BCUT2D eigenvalue weighted by Crippen LogP contribution is -2.07. The maximum Gasteiger partial charge on any atom is 0.0822 e. The van der Waals surface area contributed by atoms with Crippen LogP contribution >= 0.6 is 0 Å². The Morgan fingerprint density at radius 2 is 1.59 bits per heavy atom. The Balaban J connectivity index is 2.30. The first-order chi connectivity index (χ1) is 8.40. The molecule has 2 aromatic carbocycles. The summed E-state index contributed by atoms with van der Waals surface area (Å²) in [5.74, 6) is 5.63. The molecule has 0 aliphatic heterocycles. The van der Waals surface area contributed by atoms with Crippen LogP contribution in [0.25, 0.3) is 22.2 Å². The molecule has 0 radical (unpaired) electrons. The Labute approximate surface area is 99.2 Å². The zero-order chi connectivity index (χ0) is 11.7. The van der Waals surface area contributed by atoms with Gasteiger partial charge in [0.2, 0.25) is 0 Å². The second kappa shape index (κ2) is 3.96. The minimum atomic E-state index is 0.937. The van der Waals surface area contributed by atoms with Crippen molar-refractivity contribution in [1.29, 1.82) is 0 Å². The number of para-hydroxylation sites is 1. The van der Waals surface area contributed by atoms with Crippen LogP contribution < -0.4 is 11.3 Å². The number of hydrogen-bond acceptors (Lipinski definition) is 2. The molecule has 1 heterocycles. The number of benzene rings is 2. The zero-order valence-electron chi connectivity index (χ0n) is 9.27. The van der Waals surface area contributed by atoms with Crippen LogP contribution in [0.1, 0.15) is 0 Å². The van der Waals surface area contributed by atoms with Crippen LogP contribution in [-0.2, 0) is 0 Å². The molecule has 0 saturated heterocycles. The minimum Gasteiger partial charge on any atom is -0.353 e. The molecule has 84 valence electrons. The van der Waals surface area contributed by atoms with Crippen molar-refractivity contribution in [3.8, 4) is 11.3 Å². The van der Waals surface area contributed by atoms with E-state index in [1.54, 1.807) is 0 Å². The number of nitrogens with two attached hydrogens (primary N) is 1. The molecule has 4 N–H and O–H groups in total. The van der Waals surface area contributed by atoms with Crippen molar-refractivity contribution in [3.63, 3.8) is 0 Å². The first-order valence-corrected chi connectivity index (χ1v) is 5.53. The van der Waals surface area contributed by atoms with Crippen LogP contribution in [-0.4, -0.2) is 4.98 Å². The highest BCUT2D eigenvalue weighted by molar-refractivity contribution is 6.00. The molecule has 17 heavy (non-hydrogen) atoms. The van der Waals surface area contributed by atoms with Gasteiger partial charge in [0.15, 0.2) is 0 Å². The van der Waals surface area contributed by atoms with Crippen LogP contribution in [0.4, 0.5) is 5.69 Å². The fourth-order valence-corrected chi connectivity index (χ4v) is 2.11. The summed E-state index contributed by atoms with van der Waals surface area (Å²) in [7, 11) is 0. The van der Waals surface area contributed by atoms with Gasteiger partial charge in [0.05, 0.1) is 11.4 Å². The molecule has 3 rings (SSSR count). The highest BCUT2D eigenvalue weighted by atomic mass is 15.2. The number of fused-ring (bicyclic) bond motifs is 1. The molecule has 0 aliphatic carbocycles. The Bertz CT molecular complexity index is 641. The summed E-state index contributed by atoms with van der Waals surface area (Å²) in [5.41, 5.74) is 6.95. The van der Waals surface area contributed by atoms with Gasteiger partial charge in [0, 0.05) is 16.5 Å². The lowest BCUT2D eigenvalue weighted by molar-refractivity contribution is 1.35. The molecule has 3 aromatic rings. The van der Waals surface area contributed by atoms with E-state index >= 15 is 0 Å². The quantitative estimate of drug-likeness (QED) is 0.462. The molecule has 0 atom stereocenters. The molecule has 3 heteroatoms. The van der Waals surface area contributed by atoms with Crippen LogP contribution in [0.3, 0.4) is 0 Å². The van der Waals surface area contributed by atoms with E-state index in [0.717, 1.165) is 27.8 Å². The predicted octanol–water partition coefficient (Wildman–Crippen LogP) is 3.12. The third-order valence-electron chi connectivity index (χ3n) is 2.91. The van der Waals surface area contributed by atoms with Gasteiger partial charge in [-0.3, -0.25) is 5.84 Å². The number of anilines is 1. The average Bonchev–Trinajstić information content (AvgIpc) is 2.78. The van der Waals surface area contributed by atoms with Crippen molar-refractivity contribution in [2.45, 2.75) is 0 Å². The number of rotatable bonds is 2. The summed E-state index contributed by atoms with van der Waals surface area (Å²) >= 11 is 0. The number of H-pyrrole nitrogens is 1. The molecule has 1 aromatic heterocycles. The first kappa shape index (κ1) is 9.93. The van der Waals surface area contributed by atoms with Crippen molar-refractivity contribution in [2.24, 2.45) is 5.84 Å². The van der Waals surface area contributed by atoms with Gasteiger partial charge in [-0.25, -0.2) is 0 Å². The van der Waals surface area contributed by atoms with Crippen molar-refractivity contribution < 1.29 is 0 Å². The van der Waals surface area contributed by atoms with Crippen LogP contribution in [0.2, 0.25) is 0 Å². The summed E-state index contributed by atoms with van der Waals surface area (Å²) in [6.07, 6.45) is 0. The average molecular weight is 223 g/mol. The van der Waals surface area contributed by atoms with E-state index in [1.807, 2.05) is 42.5 Å². The fraction of sp³-hybridized carbons (Fsp3) is 0. The van der Waals surface area contributed by atoms with Crippen molar-refractivity contribution in [1.82, 2.24) is 4.98 Å². The van der Waals surface area contributed by atoms with Crippen molar-refractivity contribution >= 4 is 16.6 Å². The molecule has 0 unspecified atom stereocenters. The lowest BCUT2D eigenvalue weighted by atomic mass is 10.1. The van der Waals surface area contributed by atoms with Crippen molar-refractivity contribution in [3.05, 3.63) is 54.6 Å². The molecule has 0 amide bonds. The highest BCUT2D eigenvalue weighted by Crippen LogP contribution is 2.33. The molecule has 0 saturated carbocycles. The molecule has 3 nitrogen and oxygen atoms in total. The van der Waals surface area contributed by atoms with E-state index in [-0.39, 0.29) is 0 Å². The highest BCUT2D eigenvalue weighted by Gasteiger charge is 2.10. The van der Waals surface area contributed by atoms with Crippen LogP contribution in [0.5, 0.6) is 0 Å². The number of aromatic nitrogens is 1. The summed E-state index contributed by atoms with van der Waals surface area (Å²) in [4.78, 5) is 3.39. The summed E-state index contributed by atoms with van der Waals surface area (Å²) < 4.78 is 0. The zero-order valence-corrected chi connectivity index (χ0v) is 9.27. The van der Waals surface area contributed by atoms with Gasteiger partial charge in [0.25, 0.3) is 0 Å². The van der Waals surface area contributed by atoms with Crippen LogP contribution in [0, 0.1) is 0 Å². The van der Waals surface area contributed by atoms with Gasteiger partial charge in [-0.2, -0.15) is 0 Å². The number of hydrazine groups is 1. The molecular formula is C14H13N3. The molecular weight excluding hydrogens is 210 g/mol. The topological polar surface area (TPSA) is 53.8 Å². The minimum absolute atomic E-state index is 0.937.